The van der Waals surface area contributed by atoms with Gasteiger partial charge in [0, 0.05) is 28.6 Å². The fourth-order valence-electron chi connectivity index (χ4n) is 4.31. The molecule has 34 heavy (non-hydrogen) atoms. The highest BCUT2D eigenvalue weighted by atomic mass is 32.2. The van der Waals surface area contributed by atoms with E-state index in [0.717, 1.165) is 11.4 Å². The van der Waals surface area contributed by atoms with E-state index in [1.54, 1.807) is 44.2 Å². The van der Waals surface area contributed by atoms with Crippen LogP contribution in [0.4, 0.5) is 0 Å². The number of sulfone groups is 1. The average molecular weight is 486 g/mol. The number of nitrogens with zero attached hydrogens (tertiary/aromatic N) is 5. The van der Waals surface area contributed by atoms with Crippen LogP contribution >= 0.6 is 0 Å². The number of hydrogen-bond acceptors (Lipinski definition) is 8. The minimum absolute atomic E-state index is 0.0920. The molecule has 1 fully saturated rings. The second kappa shape index (κ2) is 9.13. The topological polar surface area (TPSA) is 126 Å². The Labute approximate surface area is 197 Å². The molecule has 1 aliphatic heterocycles. The smallest absolute Gasteiger partial charge is 0.338 e. The van der Waals surface area contributed by atoms with Crippen molar-refractivity contribution in [2.24, 2.45) is 0 Å². The number of esters is 1. The van der Waals surface area contributed by atoms with Gasteiger partial charge in [0.05, 0.1) is 23.2 Å². The van der Waals surface area contributed by atoms with Crippen molar-refractivity contribution in [1.29, 1.82) is 0 Å². The monoisotopic (exact) mass is 485 g/mol. The Morgan fingerprint density at radius 1 is 1.21 bits per heavy atom. The van der Waals surface area contributed by atoms with Gasteiger partial charge in [-0.25, -0.2) is 13.2 Å². The van der Waals surface area contributed by atoms with E-state index in [4.69, 9.17) is 4.74 Å². The van der Waals surface area contributed by atoms with Crippen LogP contribution in [0.5, 0.6) is 0 Å². The van der Waals surface area contributed by atoms with E-state index in [0.29, 0.717) is 23.1 Å². The lowest BCUT2D eigenvalue weighted by Gasteiger charge is -2.16. The summed E-state index contributed by atoms with van der Waals surface area (Å²) in [6.45, 7) is 7.14. The zero-order valence-electron chi connectivity index (χ0n) is 19.6. The molecule has 1 unspecified atom stereocenters. The van der Waals surface area contributed by atoms with Crippen molar-refractivity contribution in [3.05, 3.63) is 52.8 Å². The van der Waals surface area contributed by atoms with Gasteiger partial charge in [-0.1, -0.05) is 12.1 Å². The third-order valence-electron chi connectivity index (χ3n) is 5.80. The largest absolute Gasteiger partial charge is 0.459 e. The van der Waals surface area contributed by atoms with Gasteiger partial charge in [0.1, 0.15) is 6.54 Å². The van der Waals surface area contributed by atoms with Crippen molar-refractivity contribution >= 4 is 21.6 Å². The van der Waals surface area contributed by atoms with Gasteiger partial charge in [0.25, 0.3) is 0 Å². The molecule has 1 saturated heterocycles. The molecule has 0 saturated carbocycles. The highest BCUT2D eigenvalue weighted by Gasteiger charge is 2.31. The number of rotatable bonds is 7. The quantitative estimate of drug-likeness (QED) is 0.369. The maximum absolute atomic E-state index is 13.0. The lowest BCUT2D eigenvalue weighted by molar-refractivity contribution is 0.0378. The summed E-state index contributed by atoms with van der Waals surface area (Å²) in [5.74, 6) is -0.0914. The van der Waals surface area contributed by atoms with Gasteiger partial charge in [-0.05, 0) is 57.5 Å². The fourth-order valence-corrected chi connectivity index (χ4v) is 6.01. The molecule has 4 rings (SSSR count). The number of tetrazole rings is 1. The van der Waals surface area contributed by atoms with Gasteiger partial charge in [-0.15, -0.1) is 10.2 Å². The SMILES string of the molecule is Cc1cc(C(=O)Cn2nnc(-c3cccc(C(=O)OC(C)C)c3)n2)c(C)n1C1CCS(=O)(=O)C1. The highest BCUT2D eigenvalue weighted by Crippen LogP contribution is 2.29. The summed E-state index contributed by atoms with van der Waals surface area (Å²) in [6.07, 6.45) is 0.311. The molecular weight excluding hydrogens is 458 g/mol. The summed E-state index contributed by atoms with van der Waals surface area (Å²) in [6, 6.07) is 8.35. The number of hydrogen-bond donors (Lipinski definition) is 0. The van der Waals surface area contributed by atoms with E-state index in [1.807, 2.05) is 18.4 Å². The van der Waals surface area contributed by atoms with E-state index in [1.165, 1.54) is 4.80 Å². The summed E-state index contributed by atoms with van der Waals surface area (Å²) in [4.78, 5) is 26.4. The van der Waals surface area contributed by atoms with E-state index in [9.17, 15) is 18.0 Å². The third-order valence-corrected chi connectivity index (χ3v) is 7.55. The molecule has 3 aromatic rings. The van der Waals surface area contributed by atoms with Gasteiger partial charge < -0.3 is 9.30 Å². The van der Waals surface area contributed by atoms with Crippen LogP contribution in [0.25, 0.3) is 11.4 Å². The Bertz CT molecular complexity index is 1360. The number of aromatic nitrogens is 5. The van der Waals surface area contributed by atoms with Crippen LogP contribution in [-0.4, -0.2) is 62.6 Å². The second-order valence-corrected chi connectivity index (χ2v) is 11.0. The molecule has 180 valence electrons. The summed E-state index contributed by atoms with van der Waals surface area (Å²) < 4.78 is 31.0. The molecule has 0 radical (unpaired) electrons. The van der Waals surface area contributed by atoms with Crippen LogP contribution in [0.1, 0.15) is 58.4 Å². The zero-order valence-corrected chi connectivity index (χ0v) is 20.4. The summed E-state index contributed by atoms with van der Waals surface area (Å²) in [5, 5.41) is 12.3. The van der Waals surface area contributed by atoms with Crippen molar-refractivity contribution in [3.8, 4) is 11.4 Å². The van der Waals surface area contributed by atoms with Crippen LogP contribution in [0, 0.1) is 13.8 Å². The first-order chi connectivity index (χ1) is 16.0. The van der Waals surface area contributed by atoms with Crippen LogP contribution < -0.4 is 0 Å². The van der Waals surface area contributed by atoms with Crippen molar-refractivity contribution in [2.45, 2.75) is 52.8 Å². The summed E-state index contributed by atoms with van der Waals surface area (Å²) in [7, 11) is -3.04. The van der Waals surface area contributed by atoms with Gasteiger partial charge >= 0.3 is 5.97 Å². The normalized spacial score (nSPS) is 17.3. The molecule has 1 atom stereocenters. The maximum atomic E-state index is 13.0. The number of Topliss-reactive ketones (excluding diaryl/α,β-unsaturated/α-hetero) is 1. The molecule has 0 N–H and O–H groups in total. The van der Waals surface area contributed by atoms with E-state index in [2.05, 4.69) is 15.4 Å². The second-order valence-electron chi connectivity index (χ2n) is 8.81. The lowest BCUT2D eigenvalue weighted by atomic mass is 10.1. The van der Waals surface area contributed by atoms with Gasteiger partial charge in [-0.3, -0.25) is 4.79 Å². The van der Waals surface area contributed by atoms with Crippen molar-refractivity contribution in [3.63, 3.8) is 0 Å². The van der Waals surface area contributed by atoms with E-state index >= 15 is 0 Å². The molecule has 1 aromatic carbocycles. The lowest BCUT2D eigenvalue weighted by Crippen LogP contribution is -2.16. The number of aryl methyl sites for hydroxylation is 1. The number of carbonyl (C=O) groups excluding carboxylic acids is 2. The number of carbonyl (C=O) groups is 2. The molecule has 10 nitrogen and oxygen atoms in total. The van der Waals surface area contributed by atoms with Crippen LogP contribution in [-0.2, 0) is 21.1 Å². The Balaban J connectivity index is 1.51. The van der Waals surface area contributed by atoms with Gasteiger partial charge in [0.2, 0.25) is 5.82 Å². The average Bonchev–Trinajstić information content (AvgIpc) is 3.45. The maximum Gasteiger partial charge on any atom is 0.338 e. The Kier molecular flexibility index (Phi) is 6.39. The first kappa shape index (κ1) is 23.8. The van der Waals surface area contributed by atoms with Gasteiger partial charge in [0.15, 0.2) is 15.6 Å². The van der Waals surface area contributed by atoms with Crippen LogP contribution in [0.2, 0.25) is 0 Å². The molecule has 2 aromatic heterocycles. The number of benzene rings is 1. The van der Waals surface area contributed by atoms with Crippen molar-refractivity contribution < 1.29 is 22.7 Å². The Hall–Kier alpha value is -3.34. The first-order valence-electron chi connectivity index (χ1n) is 11.1. The predicted molar refractivity (Wildman–Crippen MR) is 124 cm³/mol. The molecule has 1 aliphatic rings. The van der Waals surface area contributed by atoms with E-state index < -0.39 is 15.8 Å². The fraction of sp³-hybridized carbons (Fsp3) is 0.435. The predicted octanol–water partition coefficient (Wildman–Crippen LogP) is 2.57. The zero-order chi connectivity index (χ0) is 24.6. The first-order valence-corrected chi connectivity index (χ1v) is 12.9. The number of ketones is 1. The molecule has 3 heterocycles. The van der Waals surface area contributed by atoms with E-state index in [-0.39, 0.29) is 41.8 Å². The third kappa shape index (κ3) is 4.93. The minimum Gasteiger partial charge on any atom is -0.459 e. The summed E-state index contributed by atoms with van der Waals surface area (Å²) in [5.41, 5.74) is 3.05. The van der Waals surface area contributed by atoms with Crippen LogP contribution in [0.15, 0.2) is 30.3 Å². The molecule has 0 spiro atoms. The Morgan fingerprint density at radius 3 is 2.65 bits per heavy atom. The molecule has 11 heteroatoms. The van der Waals surface area contributed by atoms with Crippen LogP contribution in [0.3, 0.4) is 0 Å². The standard InChI is InChI=1S/C23H27N5O5S/c1-14(2)33-23(30)18-7-5-6-17(11-18)22-24-26-27(25-22)12-21(29)20-10-15(3)28(16(20)4)19-8-9-34(31,32)13-19/h5-7,10-11,14,19H,8-9,12-13H2,1-4H3. The molecule has 0 bridgehead atoms. The van der Waals surface area contributed by atoms with Gasteiger partial charge in [-0.2, -0.15) is 4.80 Å². The molecule has 0 amide bonds. The van der Waals surface area contributed by atoms with Crippen molar-refractivity contribution in [1.82, 2.24) is 24.8 Å². The van der Waals surface area contributed by atoms with Crippen molar-refractivity contribution in [2.75, 3.05) is 11.5 Å². The minimum atomic E-state index is -3.04. The highest BCUT2D eigenvalue weighted by molar-refractivity contribution is 7.91. The molecular formula is C23H27N5O5S. The number of ether oxygens (including phenoxy) is 1. The molecule has 0 aliphatic carbocycles. The Morgan fingerprint density at radius 2 is 1.97 bits per heavy atom. The summed E-state index contributed by atoms with van der Waals surface area (Å²) >= 11 is 0.